The van der Waals surface area contributed by atoms with Crippen molar-refractivity contribution in [3.8, 4) is 0 Å². The molecule has 0 aliphatic heterocycles. The summed E-state index contributed by atoms with van der Waals surface area (Å²) in [6.45, 7) is 4.27. The van der Waals surface area contributed by atoms with E-state index in [4.69, 9.17) is 14.6 Å². The fourth-order valence-corrected chi connectivity index (χ4v) is 3.11. The summed E-state index contributed by atoms with van der Waals surface area (Å²) in [5.41, 5.74) is -0.588. The minimum Gasteiger partial charge on any atom is -0.412 e. The Morgan fingerprint density at radius 2 is 1.92 bits per heavy atom. The molecular formula is C13H21N4O6P. The van der Waals surface area contributed by atoms with Crippen molar-refractivity contribution < 1.29 is 19.2 Å². The molecule has 0 atom stereocenters. The summed E-state index contributed by atoms with van der Waals surface area (Å²) in [7, 11) is -4.08. The number of aromatic nitrogens is 4. The van der Waals surface area contributed by atoms with E-state index in [1.807, 2.05) is 0 Å². The summed E-state index contributed by atoms with van der Waals surface area (Å²) in [5, 5.41) is 0. The molecule has 2 heterocycles. The van der Waals surface area contributed by atoms with Gasteiger partial charge in [-0.3, -0.25) is 18.5 Å². The van der Waals surface area contributed by atoms with Crippen LogP contribution in [0.1, 0.15) is 26.7 Å². The van der Waals surface area contributed by atoms with Gasteiger partial charge >= 0.3 is 13.3 Å². The zero-order chi connectivity index (χ0) is 17.9. The third-order valence-corrected chi connectivity index (χ3v) is 4.45. The molecule has 11 heteroatoms. The maximum atomic E-state index is 12.6. The predicted molar refractivity (Wildman–Crippen MR) is 87.2 cm³/mol. The molecule has 2 aromatic heterocycles. The van der Waals surface area contributed by atoms with E-state index in [0.29, 0.717) is 19.6 Å². The van der Waals surface area contributed by atoms with E-state index in [9.17, 15) is 14.2 Å². The van der Waals surface area contributed by atoms with Crippen molar-refractivity contribution in [3.05, 3.63) is 27.2 Å². The highest BCUT2D eigenvalue weighted by Crippen LogP contribution is 2.35. The second-order valence-electron chi connectivity index (χ2n) is 5.24. The Morgan fingerprint density at radius 1 is 1.21 bits per heavy atom. The van der Waals surface area contributed by atoms with Crippen LogP contribution in [0.3, 0.4) is 0 Å². The number of hydrogen-bond donors (Lipinski definition) is 2. The fourth-order valence-electron chi connectivity index (χ4n) is 2.47. The Morgan fingerprint density at radius 3 is 2.50 bits per heavy atom. The number of aryl methyl sites for hydroxylation is 1. The lowest BCUT2D eigenvalue weighted by Crippen LogP contribution is -2.40. The van der Waals surface area contributed by atoms with E-state index >= 15 is 0 Å². The van der Waals surface area contributed by atoms with E-state index in [0.717, 1.165) is 4.57 Å². The van der Waals surface area contributed by atoms with Crippen molar-refractivity contribution in [3.63, 3.8) is 0 Å². The van der Waals surface area contributed by atoms with Crippen LogP contribution >= 0.6 is 7.60 Å². The first kappa shape index (κ1) is 18.4. The smallest absolute Gasteiger partial charge is 0.332 e. The van der Waals surface area contributed by atoms with Crippen molar-refractivity contribution in [2.45, 2.75) is 39.8 Å². The molecule has 134 valence electrons. The van der Waals surface area contributed by atoms with E-state index in [1.54, 1.807) is 13.8 Å². The lowest BCUT2D eigenvalue weighted by Gasteiger charge is -2.11. The minimum atomic E-state index is -4.08. The monoisotopic (exact) mass is 360 g/mol. The van der Waals surface area contributed by atoms with Crippen molar-refractivity contribution in [2.24, 2.45) is 0 Å². The molecule has 0 fully saturated rings. The number of nitrogens with zero attached hydrogens (tertiary/aromatic N) is 4. The predicted octanol–water partition coefficient (Wildman–Crippen LogP) is -0.214. The molecule has 0 bridgehead atoms. The third-order valence-electron chi connectivity index (χ3n) is 3.55. The third kappa shape index (κ3) is 3.77. The number of hydrogen-bond acceptors (Lipinski definition) is 5. The zero-order valence-electron chi connectivity index (χ0n) is 13.6. The van der Waals surface area contributed by atoms with Gasteiger partial charge in [0.15, 0.2) is 11.2 Å². The van der Waals surface area contributed by atoms with E-state index in [1.165, 1.54) is 15.6 Å². The number of rotatable bonds is 8. The lowest BCUT2D eigenvalue weighted by atomic mass is 10.3. The maximum Gasteiger partial charge on any atom is 0.332 e. The first-order valence-corrected chi connectivity index (χ1v) is 9.48. The van der Waals surface area contributed by atoms with Gasteiger partial charge in [0.05, 0.1) is 0 Å². The van der Waals surface area contributed by atoms with Crippen molar-refractivity contribution in [1.29, 1.82) is 0 Å². The second kappa shape index (κ2) is 7.33. The molecule has 0 aromatic carbocycles. The quantitative estimate of drug-likeness (QED) is 0.492. The summed E-state index contributed by atoms with van der Waals surface area (Å²) in [4.78, 5) is 52.2. The molecule has 0 radical (unpaired) electrons. The Balaban J connectivity index is 2.42. The molecule has 0 aliphatic rings. The molecule has 0 saturated carbocycles. The molecule has 0 saturated heterocycles. The zero-order valence-corrected chi connectivity index (χ0v) is 14.5. The maximum absolute atomic E-state index is 12.6. The highest BCUT2D eigenvalue weighted by Gasteiger charge is 2.18. The van der Waals surface area contributed by atoms with Crippen LogP contribution in [0.15, 0.2) is 15.9 Å². The van der Waals surface area contributed by atoms with Crippen molar-refractivity contribution in [1.82, 2.24) is 18.8 Å². The Labute approximate surface area is 137 Å². The van der Waals surface area contributed by atoms with Crippen LogP contribution in [0.2, 0.25) is 0 Å². The summed E-state index contributed by atoms with van der Waals surface area (Å²) in [5.74, 6) is 0. The highest BCUT2D eigenvalue weighted by molar-refractivity contribution is 7.51. The van der Waals surface area contributed by atoms with Gasteiger partial charge in [-0.25, -0.2) is 9.78 Å². The highest BCUT2D eigenvalue weighted by atomic mass is 31.2. The molecule has 2 N–H and O–H groups in total. The van der Waals surface area contributed by atoms with Gasteiger partial charge in [-0.05, 0) is 26.7 Å². The van der Waals surface area contributed by atoms with E-state index in [-0.39, 0.29) is 30.3 Å². The van der Waals surface area contributed by atoms with Crippen LogP contribution in [0, 0.1) is 0 Å². The van der Waals surface area contributed by atoms with Gasteiger partial charge in [-0.2, -0.15) is 4.73 Å². The first-order valence-electron chi connectivity index (χ1n) is 7.68. The molecule has 0 unspecified atom stereocenters. The number of imidazole rings is 1. The summed E-state index contributed by atoms with van der Waals surface area (Å²) < 4.78 is 14.5. The van der Waals surface area contributed by atoms with Crippen LogP contribution in [0.25, 0.3) is 11.2 Å². The van der Waals surface area contributed by atoms with Gasteiger partial charge < -0.3 is 14.6 Å². The Kier molecular flexibility index (Phi) is 5.63. The molecule has 2 aromatic rings. The van der Waals surface area contributed by atoms with Gasteiger partial charge in [-0.1, -0.05) is 0 Å². The summed E-state index contributed by atoms with van der Waals surface area (Å²) in [6, 6.07) is 0. The van der Waals surface area contributed by atoms with Crippen LogP contribution in [-0.2, 0) is 17.7 Å². The van der Waals surface area contributed by atoms with Gasteiger partial charge in [0.1, 0.15) is 12.9 Å². The normalized spacial score (nSPS) is 12.0. The summed E-state index contributed by atoms with van der Waals surface area (Å²) >= 11 is 0. The second-order valence-corrected chi connectivity index (χ2v) is 7.02. The molecule has 10 nitrogen and oxygen atoms in total. The largest absolute Gasteiger partial charge is 0.412 e. The van der Waals surface area contributed by atoms with Crippen molar-refractivity contribution in [2.75, 3.05) is 12.8 Å². The van der Waals surface area contributed by atoms with Crippen molar-refractivity contribution >= 4 is 18.8 Å². The summed E-state index contributed by atoms with van der Waals surface area (Å²) in [6.07, 6.45) is 1.59. The standard InChI is InChI=1S/C13H21N4O6P/c1-3-15-11-10(17(9-14-11)23-4-2)12(18)16(13(15)19)7-5-6-8-24(20,21)22/h9H,3-8H2,1-2H3,(H2,20,21,22). The molecule has 0 amide bonds. The van der Waals surface area contributed by atoms with Crippen LogP contribution in [-0.4, -0.2) is 41.4 Å². The lowest BCUT2D eigenvalue weighted by molar-refractivity contribution is 0.130. The van der Waals surface area contributed by atoms with Gasteiger partial charge in [-0.15, -0.1) is 0 Å². The minimum absolute atomic E-state index is 0.0743. The van der Waals surface area contributed by atoms with Gasteiger partial charge in [0, 0.05) is 19.3 Å². The van der Waals surface area contributed by atoms with Gasteiger partial charge in [0.2, 0.25) is 0 Å². The Hall–Kier alpha value is -1.90. The number of fused-ring (bicyclic) bond motifs is 1. The van der Waals surface area contributed by atoms with Crippen LogP contribution in [0.5, 0.6) is 0 Å². The Bertz CT molecular complexity index is 877. The van der Waals surface area contributed by atoms with Crippen LogP contribution < -0.4 is 16.1 Å². The van der Waals surface area contributed by atoms with E-state index < -0.39 is 18.8 Å². The number of unbranched alkanes of at least 4 members (excludes halogenated alkanes) is 1. The van der Waals surface area contributed by atoms with Gasteiger partial charge in [0.25, 0.3) is 5.56 Å². The molecule has 0 aliphatic carbocycles. The molecule has 24 heavy (non-hydrogen) atoms. The molecular weight excluding hydrogens is 339 g/mol. The topological polar surface area (TPSA) is 129 Å². The average molecular weight is 360 g/mol. The molecule has 0 spiro atoms. The molecule has 2 rings (SSSR count). The fraction of sp³-hybridized carbons (Fsp3) is 0.615. The van der Waals surface area contributed by atoms with Crippen LogP contribution in [0.4, 0.5) is 0 Å². The SMILES string of the molecule is CCOn1cnc2c1c(=O)n(CCCCP(=O)(O)O)c(=O)n2CC. The first-order chi connectivity index (χ1) is 11.3. The van der Waals surface area contributed by atoms with E-state index in [2.05, 4.69) is 4.98 Å². The average Bonchev–Trinajstić information content (AvgIpc) is 2.90.